The highest BCUT2D eigenvalue weighted by Gasteiger charge is 2.17. The van der Waals surface area contributed by atoms with Crippen LogP contribution in [0.4, 0.5) is 11.4 Å². The van der Waals surface area contributed by atoms with Crippen LogP contribution in [0.2, 0.25) is 15.1 Å². The normalized spacial score (nSPS) is 10.3. The Balaban J connectivity index is 2.05. The van der Waals surface area contributed by atoms with Crippen molar-refractivity contribution in [1.29, 1.82) is 0 Å². The fraction of sp³-hybridized carbons (Fsp3) is 0.133. The zero-order valence-electron chi connectivity index (χ0n) is 12.3. The molecule has 1 amide bonds. The van der Waals surface area contributed by atoms with E-state index < -0.39 is 10.8 Å². The lowest BCUT2D eigenvalue weighted by atomic mass is 10.2. The van der Waals surface area contributed by atoms with E-state index in [9.17, 15) is 14.9 Å². The minimum atomic E-state index is -0.660. The molecular weight excluding hydrogens is 379 g/mol. The SMILES string of the molecule is Cc1cc(Cl)ccc1OCC(=O)Nc1cc(Cl)c([N+](=O)[O-])cc1Cl. The average molecular weight is 390 g/mol. The first-order chi connectivity index (χ1) is 11.3. The van der Waals surface area contributed by atoms with Crippen LogP contribution in [-0.2, 0) is 4.79 Å². The van der Waals surface area contributed by atoms with Crippen LogP contribution in [0, 0.1) is 17.0 Å². The molecule has 1 N–H and O–H groups in total. The molecule has 9 heteroatoms. The highest BCUT2D eigenvalue weighted by Crippen LogP contribution is 2.33. The minimum absolute atomic E-state index is 0.00197. The van der Waals surface area contributed by atoms with Gasteiger partial charge in [0, 0.05) is 11.1 Å². The molecule has 0 atom stereocenters. The molecule has 6 nitrogen and oxygen atoms in total. The Bertz CT molecular complexity index is 812. The van der Waals surface area contributed by atoms with E-state index in [0.29, 0.717) is 10.8 Å². The van der Waals surface area contributed by atoms with Crippen molar-refractivity contribution in [1.82, 2.24) is 0 Å². The smallest absolute Gasteiger partial charge is 0.289 e. The Hall–Kier alpha value is -2.02. The first-order valence-electron chi connectivity index (χ1n) is 6.60. The van der Waals surface area contributed by atoms with Gasteiger partial charge in [-0.05, 0) is 36.8 Å². The highest BCUT2D eigenvalue weighted by molar-refractivity contribution is 6.37. The number of hydrogen-bond acceptors (Lipinski definition) is 4. The minimum Gasteiger partial charge on any atom is -0.483 e. The summed E-state index contributed by atoms with van der Waals surface area (Å²) in [5.74, 6) is 0.0264. The number of rotatable bonds is 5. The first-order valence-corrected chi connectivity index (χ1v) is 7.73. The van der Waals surface area contributed by atoms with Crippen LogP contribution >= 0.6 is 34.8 Å². The Kier molecular flexibility index (Phi) is 5.88. The highest BCUT2D eigenvalue weighted by atomic mass is 35.5. The number of ether oxygens (including phenoxy) is 1. The molecule has 0 bridgehead atoms. The fourth-order valence-corrected chi connectivity index (χ4v) is 2.54. The molecule has 0 aliphatic rings. The number of nitro benzene ring substituents is 1. The summed E-state index contributed by atoms with van der Waals surface area (Å²) >= 11 is 17.6. The van der Waals surface area contributed by atoms with Crippen LogP contribution in [0.15, 0.2) is 30.3 Å². The Morgan fingerprint density at radius 3 is 2.54 bits per heavy atom. The van der Waals surface area contributed by atoms with E-state index in [1.165, 1.54) is 6.07 Å². The monoisotopic (exact) mass is 388 g/mol. The molecule has 0 spiro atoms. The molecule has 0 aromatic heterocycles. The summed E-state index contributed by atoms with van der Waals surface area (Å²) in [6.07, 6.45) is 0. The molecule has 0 radical (unpaired) electrons. The number of benzene rings is 2. The van der Waals surface area contributed by atoms with Gasteiger partial charge < -0.3 is 10.1 Å². The molecule has 2 aromatic carbocycles. The number of anilines is 1. The standard InChI is InChI=1S/C15H11Cl3N2O4/c1-8-4-9(16)2-3-14(8)24-7-15(21)19-12-5-11(18)13(20(22)23)6-10(12)17/h2-6H,7H2,1H3,(H,19,21). The van der Waals surface area contributed by atoms with Crippen molar-refractivity contribution in [2.75, 3.05) is 11.9 Å². The van der Waals surface area contributed by atoms with Crippen molar-refractivity contribution >= 4 is 52.1 Å². The molecule has 0 unspecified atom stereocenters. The molecule has 0 saturated carbocycles. The van der Waals surface area contributed by atoms with Crippen LogP contribution in [0.5, 0.6) is 5.75 Å². The van der Waals surface area contributed by atoms with Crippen molar-refractivity contribution in [2.24, 2.45) is 0 Å². The number of nitrogens with one attached hydrogen (secondary N) is 1. The van der Waals surface area contributed by atoms with E-state index >= 15 is 0 Å². The summed E-state index contributed by atoms with van der Waals surface area (Å²) in [5, 5.41) is 13.7. The number of nitro groups is 1. The summed E-state index contributed by atoms with van der Waals surface area (Å²) in [4.78, 5) is 22.1. The maximum absolute atomic E-state index is 11.9. The zero-order valence-corrected chi connectivity index (χ0v) is 14.6. The van der Waals surface area contributed by atoms with Crippen LogP contribution in [0.1, 0.15) is 5.56 Å². The topological polar surface area (TPSA) is 81.5 Å². The molecular formula is C15H11Cl3N2O4. The second kappa shape index (κ2) is 7.70. The lowest BCUT2D eigenvalue weighted by Crippen LogP contribution is -2.20. The summed E-state index contributed by atoms with van der Waals surface area (Å²) in [6, 6.07) is 7.30. The molecule has 0 aliphatic heterocycles. The van der Waals surface area contributed by atoms with Gasteiger partial charge in [-0.2, -0.15) is 0 Å². The Labute approximate surface area is 152 Å². The van der Waals surface area contributed by atoms with Gasteiger partial charge >= 0.3 is 0 Å². The number of amides is 1. The Morgan fingerprint density at radius 2 is 1.92 bits per heavy atom. The van der Waals surface area contributed by atoms with Gasteiger partial charge in [-0.25, -0.2) is 0 Å². The molecule has 0 fully saturated rings. The number of halogens is 3. The number of aryl methyl sites for hydroxylation is 1. The van der Waals surface area contributed by atoms with Crippen LogP contribution in [0.3, 0.4) is 0 Å². The average Bonchev–Trinajstić information content (AvgIpc) is 2.49. The van der Waals surface area contributed by atoms with Crippen LogP contribution < -0.4 is 10.1 Å². The molecule has 0 aliphatic carbocycles. The Morgan fingerprint density at radius 1 is 1.21 bits per heavy atom. The summed E-state index contributed by atoms with van der Waals surface area (Å²) in [6.45, 7) is 1.53. The maximum Gasteiger partial charge on any atom is 0.289 e. The van der Waals surface area contributed by atoms with E-state index in [1.54, 1.807) is 25.1 Å². The van der Waals surface area contributed by atoms with Gasteiger partial charge in [0.25, 0.3) is 11.6 Å². The van der Waals surface area contributed by atoms with Crippen molar-refractivity contribution in [2.45, 2.75) is 6.92 Å². The van der Waals surface area contributed by atoms with Crippen molar-refractivity contribution < 1.29 is 14.5 Å². The lowest BCUT2D eigenvalue weighted by Gasteiger charge is -2.11. The third-order valence-electron chi connectivity index (χ3n) is 3.00. The van der Waals surface area contributed by atoms with E-state index in [1.807, 2.05) is 0 Å². The second-order valence-electron chi connectivity index (χ2n) is 4.79. The molecule has 0 heterocycles. The van der Waals surface area contributed by atoms with Gasteiger partial charge in [0.1, 0.15) is 10.8 Å². The number of carbonyl (C=O) groups is 1. The summed E-state index contributed by atoms with van der Waals surface area (Å²) < 4.78 is 5.40. The van der Waals surface area contributed by atoms with E-state index in [-0.39, 0.29) is 28.0 Å². The van der Waals surface area contributed by atoms with E-state index in [2.05, 4.69) is 5.32 Å². The summed E-state index contributed by atoms with van der Waals surface area (Å²) in [5.41, 5.74) is 0.605. The summed E-state index contributed by atoms with van der Waals surface area (Å²) in [7, 11) is 0. The van der Waals surface area contributed by atoms with Crippen molar-refractivity contribution in [3.05, 3.63) is 61.1 Å². The molecule has 2 aromatic rings. The largest absolute Gasteiger partial charge is 0.483 e. The van der Waals surface area contributed by atoms with Gasteiger partial charge in [-0.1, -0.05) is 34.8 Å². The van der Waals surface area contributed by atoms with Crippen molar-refractivity contribution in [3.63, 3.8) is 0 Å². The lowest BCUT2D eigenvalue weighted by molar-refractivity contribution is -0.384. The molecule has 2 rings (SSSR count). The zero-order chi connectivity index (χ0) is 17.9. The van der Waals surface area contributed by atoms with Gasteiger partial charge in [0.15, 0.2) is 6.61 Å². The second-order valence-corrected chi connectivity index (χ2v) is 6.04. The van der Waals surface area contributed by atoms with E-state index in [4.69, 9.17) is 39.5 Å². The predicted molar refractivity (Wildman–Crippen MR) is 93.4 cm³/mol. The third-order valence-corrected chi connectivity index (χ3v) is 3.85. The first kappa shape index (κ1) is 18.3. The maximum atomic E-state index is 11.9. The third kappa shape index (κ3) is 4.50. The van der Waals surface area contributed by atoms with Gasteiger partial charge in [-0.15, -0.1) is 0 Å². The van der Waals surface area contributed by atoms with Gasteiger partial charge in [0.2, 0.25) is 0 Å². The fourth-order valence-electron chi connectivity index (χ4n) is 1.88. The van der Waals surface area contributed by atoms with Gasteiger partial charge in [-0.3, -0.25) is 14.9 Å². The van der Waals surface area contributed by atoms with Crippen LogP contribution in [0.25, 0.3) is 0 Å². The number of carbonyl (C=O) groups excluding carboxylic acids is 1. The van der Waals surface area contributed by atoms with E-state index in [0.717, 1.165) is 11.6 Å². The number of nitrogens with zero attached hydrogens (tertiary/aromatic N) is 1. The molecule has 0 saturated heterocycles. The number of hydrogen-bond donors (Lipinski definition) is 1. The van der Waals surface area contributed by atoms with Crippen molar-refractivity contribution in [3.8, 4) is 5.75 Å². The van der Waals surface area contributed by atoms with Crippen LogP contribution in [-0.4, -0.2) is 17.4 Å². The predicted octanol–water partition coefficient (Wildman–Crippen LogP) is 4.88. The molecule has 126 valence electrons. The van der Waals surface area contributed by atoms with Gasteiger partial charge in [0.05, 0.1) is 15.6 Å². The molecule has 24 heavy (non-hydrogen) atoms. The quantitative estimate of drug-likeness (QED) is 0.583.